The number of nitrogens with one attached hydrogen (secondary N) is 1. The molecule has 1 aliphatic rings. The number of hydrogen-bond donors (Lipinski definition) is 1. The quantitative estimate of drug-likeness (QED) is 0.731. The van der Waals surface area contributed by atoms with Crippen LogP contribution in [0.5, 0.6) is 0 Å². The van der Waals surface area contributed by atoms with Crippen molar-refractivity contribution in [3.05, 3.63) is 64.8 Å². The molecule has 1 unspecified atom stereocenters. The number of pyridine rings is 1. The minimum Gasteiger partial charge on any atom is -0.341 e. The van der Waals surface area contributed by atoms with Gasteiger partial charge in [0.15, 0.2) is 0 Å². The molecule has 1 atom stereocenters. The summed E-state index contributed by atoms with van der Waals surface area (Å²) >= 11 is 5.84. The first-order chi connectivity index (χ1) is 12.6. The lowest BCUT2D eigenvalue weighted by Gasteiger charge is -2.09. The van der Waals surface area contributed by atoms with Crippen LogP contribution in [0.2, 0.25) is 5.02 Å². The summed E-state index contributed by atoms with van der Waals surface area (Å²) in [4.78, 5) is 21.1. The van der Waals surface area contributed by atoms with Crippen LogP contribution in [0.15, 0.2) is 47.1 Å². The lowest BCUT2D eigenvalue weighted by molar-refractivity contribution is 0.0932. The molecular weight excluding hydrogens is 352 g/mol. The Morgan fingerprint density at radius 2 is 2.04 bits per heavy atom. The number of amides is 1. The fourth-order valence-corrected chi connectivity index (χ4v) is 2.79. The van der Waals surface area contributed by atoms with Gasteiger partial charge in [0, 0.05) is 34.0 Å². The summed E-state index contributed by atoms with van der Waals surface area (Å²) in [7, 11) is 0. The normalized spacial score (nSPS) is 14.8. The Balaban J connectivity index is 1.47. The molecule has 1 N–H and O–H groups in total. The van der Waals surface area contributed by atoms with Crippen LogP contribution in [0.4, 0.5) is 0 Å². The van der Waals surface area contributed by atoms with E-state index in [1.807, 2.05) is 12.1 Å². The zero-order valence-corrected chi connectivity index (χ0v) is 14.9. The van der Waals surface area contributed by atoms with Crippen LogP contribution in [-0.4, -0.2) is 21.0 Å². The van der Waals surface area contributed by atoms with E-state index in [0.29, 0.717) is 28.2 Å². The van der Waals surface area contributed by atoms with Crippen LogP contribution in [0.1, 0.15) is 53.7 Å². The minimum absolute atomic E-state index is 0.228. The molecule has 0 aliphatic heterocycles. The highest BCUT2D eigenvalue weighted by molar-refractivity contribution is 6.30. The van der Waals surface area contributed by atoms with Crippen LogP contribution in [0.3, 0.4) is 0 Å². The first-order valence-electron chi connectivity index (χ1n) is 8.46. The van der Waals surface area contributed by atoms with Crippen LogP contribution in [0.25, 0.3) is 11.4 Å². The second-order valence-electron chi connectivity index (χ2n) is 6.40. The van der Waals surface area contributed by atoms with E-state index in [1.165, 1.54) is 12.8 Å². The second kappa shape index (κ2) is 6.88. The van der Waals surface area contributed by atoms with Crippen molar-refractivity contribution < 1.29 is 9.32 Å². The lowest BCUT2D eigenvalue weighted by Crippen LogP contribution is -2.26. The first-order valence-corrected chi connectivity index (χ1v) is 8.84. The van der Waals surface area contributed by atoms with E-state index in [2.05, 4.69) is 20.4 Å². The van der Waals surface area contributed by atoms with Crippen molar-refractivity contribution in [1.82, 2.24) is 20.4 Å². The summed E-state index contributed by atoms with van der Waals surface area (Å²) in [5.74, 6) is 1.18. The van der Waals surface area contributed by atoms with Gasteiger partial charge in [0.05, 0.1) is 0 Å². The van der Waals surface area contributed by atoms with Crippen molar-refractivity contribution in [2.45, 2.75) is 31.7 Å². The molecule has 1 aromatic carbocycles. The summed E-state index contributed by atoms with van der Waals surface area (Å²) in [6, 6.07) is 10.1. The van der Waals surface area contributed by atoms with Gasteiger partial charge in [-0.25, -0.2) is 0 Å². The van der Waals surface area contributed by atoms with Gasteiger partial charge in [-0.1, -0.05) is 16.8 Å². The number of rotatable bonds is 5. The lowest BCUT2D eigenvalue weighted by atomic mass is 10.1. The molecule has 1 saturated carbocycles. The number of carbonyl (C=O) groups excluding carboxylic acids is 1. The number of carbonyl (C=O) groups is 1. The van der Waals surface area contributed by atoms with Gasteiger partial charge >= 0.3 is 0 Å². The van der Waals surface area contributed by atoms with Gasteiger partial charge < -0.3 is 9.84 Å². The molecule has 2 aromatic heterocycles. The predicted molar refractivity (Wildman–Crippen MR) is 96.8 cm³/mol. The van der Waals surface area contributed by atoms with Crippen molar-refractivity contribution >= 4 is 17.5 Å². The smallest absolute Gasteiger partial charge is 0.251 e. The van der Waals surface area contributed by atoms with Crippen molar-refractivity contribution in [3.8, 4) is 11.4 Å². The predicted octanol–water partition coefficient (Wildman–Crippen LogP) is 4.15. The van der Waals surface area contributed by atoms with Crippen molar-refractivity contribution in [1.29, 1.82) is 0 Å². The number of aromatic nitrogens is 3. The van der Waals surface area contributed by atoms with Gasteiger partial charge in [-0.3, -0.25) is 9.78 Å². The van der Waals surface area contributed by atoms with E-state index in [9.17, 15) is 4.79 Å². The molecule has 1 fully saturated rings. The first kappa shape index (κ1) is 16.7. The molecule has 0 radical (unpaired) electrons. The largest absolute Gasteiger partial charge is 0.341 e. The molecule has 3 aromatic rings. The Hall–Kier alpha value is -2.73. The van der Waals surface area contributed by atoms with E-state index in [4.69, 9.17) is 16.1 Å². The van der Waals surface area contributed by atoms with Crippen molar-refractivity contribution in [2.24, 2.45) is 0 Å². The van der Waals surface area contributed by atoms with Gasteiger partial charge in [0.2, 0.25) is 11.7 Å². The van der Waals surface area contributed by atoms with Gasteiger partial charge in [0.1, 0.15) is 6.04 Å². The number of nitrogens with zero attached hydrogens (tertiary/aromatic N) is 3. The number of benzene rings is 1. The van der Waals surface area contributed by atoms with Crippen molar-refractivity contribution in [2.75, 3.05) is 0 Å². The summed E-state index contributed by atoms with van der Waals surface area (Å²) < 4.78 is 5.34. The van der Waals surface area contributed by atoms with E-state index < -0.39 is 6.04 Å². The van der Waals surface area contributed by atoms with Gasteiger partial charge in [-0.15, -0.1) is 0 Å². The third kappa shape index (κ3) is 3.60. The topological polar surface area (TPSA) is 80.9 Å². The molecule has 7 heteroatoms. The summed E-state index contributed by atoms with van der Waals surface area (Å²) in [5.41, 5.74) is 2.45. The Morgan fingerprint density at radius 1 is 1.27 bits per heavy atom. The molecule has 1 amide bonds. The van der Waals surface area contributed by atoms with Gasteiger partial charge in [0.25, 0.3) is 5.91 Å². The van der Waals surface area contributed by atoms with Crippen LogP contribution in [0, 0.1) is 0 Å². The van der Waals surface area contributed by atoms with Crippen LogP contribution < -0.4 is 5.32 Å². The summed E-state index contributed by atoms with van der Waals surface area (Å²) in [6.45, 7) is 1.80. The molecule has 2 heterocycles. The van der Waals surface area contributed by atoms with Crippen LogP contribution >= 0.6 is 11.6 Å². The monoisotopic (exact) mass is 368 g/mol. The average Bonchev–Trinajstić information content (AvgIpc) is 3.38. The van der Waals surface area contributed by atoms with Gasteiger partial charge in [-0.2, -0.15) is 4.98 Å². The zero-order chi connectivity index (χ0) is 18.1. The molecule has 4 rings (SSSR count). The van der Waals surface area contributed by atoms with E-state index >= 15 is 0 Å². The second-order valence-corrected chi connectivity index (χ2v) is 6.84. The molecule has 26 heavy (non-hydrogen) atoms. The molecule has 6 nitrogen and oxygen atoms in total. The number of halogens is 1. The Kier molecular flexibility index (Phi) is 4.42. The van der Waals surface area contributed by atoms with E-state index in [-0.39, 0.29) is 5.91 Å². The molecule has 0 spiro atoms. The standard InChI is InChI=1S/C19H17ClN4O2/c1-11(22-18(25)13-4-6-15(20)7-5-13)19-23-17(24-26-19)14-8-9-21-16(10-14)12-2-3-12/h4-12H,2-3H2,1H3,(H,22,25). The maximum absolute atomic E-state index is 12.3. The molecule has 0 saturated heterocycles. The third-order valence-electron chi connectivity index (χ3n) is 4.30. The fourth-order valence-electron chi connectivity index (χ4n) is 2.66. The Morgan fingerprint density at radius 3 is 2.77 bits per heavy atom. The molecule has 1 aliphatic carbocycles. The highest BCUT2D eigenvalue weighted by atomic mass is 35.5. The molecule has 132 valence electrons. The summed E-state index contributed by atoms with van der Waals surface area (Å²) in [6.07, 6.45) is 4.13. The minimum atomic E-state index is -0.413. The van der Waals surface area contributed by atoms with E-state index in [0.717, 1.165) is 11.3 Å². The van der Waals surface area contributed by atoms with Gasteiger partial charge in [-0.05, 0) is 56.2 Å². The summed E-state index contributed by atoms with van der Waals surface area (Å²) in [5, 5.41) is 7.47. The SMILES string of the molecule is CC(NC(=O)c1ccc(Cl)cc1)c1nc(-c2ccnc(C3CC3)c2)no1. The van der Waals surface area contributed by atoms with Crippen LogP contribution in [-0.2, 0) is 0 Å². The maximum atomic E-state index is 12.3. The van der Waals surface area contributed by atoms with E-state index in [1.54, 1.807) is 37.4 Å². The third-order valence-corrected chi connectivity index (χ3v) is 4.55. The Labute approximate surface area is 155 Å². The van der Waals surface area contributed by atoms with Crippen molar-refractivity contribution in [3.63, 3.8) is 0 Å². The highest BCUT2D eigenvalue weighted by Gasteiger charge is 2.25. The average molecular weight is 369 g/mol. The molecular formula is C19H17ClN4O2. The number of hydrogen-bond acceptors (Lipinski definition) is 5. The fraction of sp³-hybridized carbons (Fsp3) is 0.263. The Bertz CT molecular complexity index is 935. The highest BCUT2D eigenvalue weighted by Crippen LogP contribution is 2.39. The molecule has 0 bridgehead atoms. The zero-order valence-electron chi connectivity index (χ0n) is 14.1. The maximum Gasteiger partial charge on any atom is 0.251 e.